The molecule has 0 amide bonds. The Bertz CT molecular complexity index is 1240. The van der Waals surface area contributed by atoms with Crippen LogP contribution in [0.2, 0.25) is 0 Å². The number of rotatable bonds is 9. The Morgan fingerprint density at radius 2 is 1.78 bits per heavy atom. The van der Waals surface area contributed by atoms with Crippen LogP contribution in [0.4, 0.5) is 0 Å². The monoisotopic (exact) mass is 489 g/mol. The molecule has 36 heavy (non-hydrogen) atoms. The van der Waals surface area contributed by atoms with Crippen molar-refractivity contribution >= 4 is 0 Å². The second kappa shape index (κ2) is 12.5. The van der Waals surface area contributed by atoms with Gasteiger partial charge in [-0.05, 0) is 41.8 Å². The third kappa shape index (κ3) is 6.59. The highest BCUT2D eigenvalue weighted by molar-refractivity contribution is 5.44. The maximum atomic E-state index is 11.6. The lowest BCUT2D eigenvalue weighted by molar-refractivity contribution is 0.118. The van der Waals surface area contributed by atoms with Gasteiger partial charge in [-0.1, -0.05) is 36.1 Å². The van der Waals surface area contributed by atoms with Crippen LogP contribution in [0.5, 0.6) is 5.75 Å². The molecule has 1 aliphatic rings. The molecule has 0 aliphatic carbocycles. The number of ether oxygens (including phenoxy) is 1. The fourth-order valence-electron chi connectivity index (χ4n) is 4.34. The Morgan fingerprint density at radius 1 is 1.08 bits per heavy atom. The summed E-state index contributed by atoms with van der Waals surface area (Å²) in [5, 5.41) is 29.2. The van der Waals surface area contributed by atoms with E-state index in [4.69, 9.17) is 4.74 Å². The van der Waals surface area contributed by atoms with Crippen LogP contribution in [0.25, 0.3) is 0 Å². The van der Waals surface area contributed by atoms with Crippen molar-refractivity contribution in [2.45, 2.75) is 31.3 Å². The lowest BCUT2D eigenvalue weighted by Crippen LogP contribution is -2.37. The van der Waals surface area contributed by atoms with Gasteiger partial charge >= 0.3 is 0 Å². The van der Waals surface area contributed by atoms with Gasteiger partial charge in [-0.15, -0.1) is 0 Å². The van der Waals surface area contributed by atoms with Gasteiger partial charge in [-0.3, -0.25) is 9.69 Å². The van der Waals surface area contributed by atoms with E-state index in [0.717, 1.165) is 36.3 Å². The number of aliphatic hydroxyl groups excluding tert-OH is 2. The number of aromatic nitrogens is 2. The van der Waals surface area contributed by atoms with Gasteiger partial charge in [0.05, 0.1) is 31.8 Å². The van der Waals surface area contributed by atoms with Crippen molar-refractivity contribution in [2.24, 2.45) is 0 Å². The quantitative estimate of drug-likeness (QED) is 0.338. The van der Waals surface area contributed by atoms with E-state index in [9.17, 15) is 20.1 Å². The fourth-order valence-corrected chi connectivity index (χ4v) is 4.34. The zero-order valence-electron chi connectivity index (χ0n) is 20.1. The summed E-state index contributed by atoms with van der Waals surface area (Å²) in [4.78, 5) is 20.2. The molecule has 188 valence electrons. The van der Waals surface area contributed by atoms with E-state index in [1.807, 2.05) is 36.4 Å². The van der Waals surface area contributed by atoms with Gasteiger partial charge in [-0.2, -0.15) is 0 Å². The molecule has 2 atom stereocenters. The number of H-pyrrole nitrogens is 1. The van der Waals surface area contributed by atoms with Crippen LogP contribution in [-0.2, 0) is 17.7 Å². The number of benzene rings is 2. The number of hydrogen-bond donors (Lipinski definition) is 4. The lowest BCUT2D eigenvalue weighted by Gasteiger charge is -2.27. The minimum absolute atomic E-state index is 0.128. The van der Waals surface area contributed by atoms with Gasteiger partial charge in [0.1, 0.15) is 0 Å². The first-order valence-corrected chi connectivity index (χ1v) is 12.1. The first-order chi connectivity index (χ1) is 17.6. The lowest BCUT2D eigenvalue weighted by atomic mass is 9.94. The summed E-state index contributed by atoms with van der Waals surface area (Å²) < 4.78 is 5.50. The number of aromatic hydroxyl groups is 1. The molecule has 1 saturated heterocycles. The van der Waals surface area contributed by atoms with E-state index >= 15 is 0 Å². The Hall–Kier alpha value is -3.48. The number of hydrogen-bond acceptors (Lipinski definition) is 7. The van der Waals surface area contributed by atoms with E-state index < -0.39 is 11.3 Å². The summed E-state index contributed by atoms with van der Waals surface area (Å²) >= 11 is 0. The third-order valence-corrected chi connectivity index (χ3v) is 6.45. The van der Waals surface area contributed by atoms with Crippen molar-refractivity contribution in [3.8, 4) is 17.6 Å². The maximum absolute atomic E-state index is 11.6. The normalized spacial score (nSPS) is 16.0. The Morgan fingerprint density at radius 3 is 2.39 bits per heavy atom. The van der Waals surface area contributed by atoms with Gasteiger partial charge in [0.25, 0.3) is 5.56 Å². The number of nitrogens with zero attached hydrogens (tertiary/aromatic N) is 2. The molecule has 2 aromatic carbocycles. The van der Waals surface area contributed by atoms with Crippen LogP contribution in [0.15, 0.2) is 59.7 Å². The van der Waals surface area contributed by atoms with Crippen molar-refractivity contribution in [1.29, 1.82) is 0 Å². The average Bonchev–Trinajstić information content (AvgIpc) is 3.44. The Kier molecular flexibility index (Phi) is 8.87. The van der Waals surface area contributed by atoms with Crippen LogP contribution in [0.3, 0.4) is 0 Å². The molecule has 8 nitrogen and oxygen atoms in total. The summed E-state index contributed by atoms with van der Waals surface area (Å²) in [6.45, 7) is 2.87. The average molecular weight is 490 g/mol. The van der Waals surface area contributed by atoms with Gasteiger partial charge in [0.15, 0.2) is 0 Å². The SMILES string of the molecule is O=c1[nH]cnc(CC(CO)c2ccc(C#Cc3ccc(CN(CCO)[C@@H]4CCOC4)cc3)cc2)c1O. The van der Waals surface area contributed by atoms with Crippen LogP contribution in [0.1, 0.15) is 40.3 Å². The molecule has 8 heteroatoms. The summed E-state index contributed by atoms with van der Waals surface area (Å²) in [6.07, 6.45) is 2.48. The van der Waals surface area contributed by atoms with Crippen molar-refractivity contribution in [3.05, 3.63) is 93.2 Å². The Balaban J connectivity index is 1.39. The predicted octanol–water partition coefficient (Wildman–Crippen LogP) is 1.78. The smallest absolute Gasteiger partial charge is 0.293 e. The summed E-state index contributed by atoms with van der Waals surface area (Å²) in [7, 11) is 0. The minimum Gasteiger partial charge on any atom is -0.502 e. The van der Waals surface area contributed by atoms with E-state index in [-0.39, 0.29) is 31.2 Å². The van der Waals surface area contributed by atoms with Gasteiger partial charge in [0.2, 0.25) is 5.75 Å². The second-order valence-electron chi connectivity index (χ2n) is 8.89. The molecule has 1 aromatic heterocycles. The molecule has 4 rings (SSSR count). The number of nitrogens with one attached hydrogen (secondary N) is 1. The highest BCUT2D eigenvalue weighted by atomic mass is 16.5. The van der Waals surface area contributed by atoms with Crippen LogP contribution in [0, 0.1) is 11.8 Å². The first-order valence-electron chi connectivity index (χ1n) is 12.1. The van der Waals surface area contributed by atoms with Crippen molar-refractivity contribution in [3.63, 3.8) is 0 Å². The van der Waals surface area contributed by atoms with Crippen molar-refractivity contribution < 1.29 is 20.1 Å². The largest absolute Gasteiger partial charge is 0.502 e. The molecule has 1 aliphatic heterocycles. The topological polar surface area (TPSA) is 119 Å². The first kappa shape index (κ1) is 25.6. The summed E-state index contributed by atoms with van der Waals surface area (Å²) in [5.74, 6) is 5.63. The summed E-state index contributed by atoms with van der Waals surface area (Å²) in [6, 6.07) is 16.0. The molecular formula is C28H31N3O5. The van der Waals surface area contributed by atoms with Gasteiger partial charge < -0.3 is 25.0 Å². The predicted molar refractivity (Wildman–Crippen MR) is 136 cm³/mol. The van der Waals surface area contributed by atoms with Crippen molar-refractivity contribution in [2.75, 3.05) is 33.0 Å². The number of aromatic amines is 1. The molecule has 2 heterocycles. The van der Waals surface area contributed by atoms with Gasteiger partial charge in [0, 0.05) is 49.2 Å². The maximum Gasteiger partial charge on any atom is 0.293 e. The Labute approximate surface area is 210 Å². The summed E-state index contributed by atoms with van der Waals surface area (Å²) in [5.41, 5.74) is 3.44. The van der Waals surface area contributed by atoms with E-state index in [0.29, 0.717) is 19.2 Å². The van der Waals surface area contributed by atoms with Crippen LogP contribution >= 0.6 is 0 Å². The van der Waals surface area contributed by atoms with E-state index in [1.165, 1.54) is 11.9 Å². The van der Waals surface area contributed by atoms with E-state index in [1.54, 1.807) is 0 Å². The van der Waals surface area contributed by atoms with Gasteiger partial charge in [-0.25, -0.2) is 4.98 Å². The minimum atomic E-state index is -0.596. The molecular weight excluding hydrogens is 458 g/mol. The number of aliphatic hydroxyl groups is 2. The van der Waals surface area contributed by atoms with Crippen molar-refractivity contribution in [1.82, 2.24) is 14.9 Å². The highest BCUT2D eigenvalue weighted by Gasteiger charge is 2.23. The zero-order valence-corrected chi connectivity index (χ0v) is 20.1. The third-order valence-electron chi connectivity index (χ3n) is 6.45. The molecule has 0 saturated carbocycles. The molecule has 0 bridgehead atoms. The standard InChI is InChI=1S/C28H31N3O5/c32-13-12-31(25-11-14-36-18-25)16-22-5-3-20(4-6-22)1-2-21-7-9-23(10-8-21)24(17-33)15-26-27(34)28(35)30-19-29-26/h3-10,19,24-25,32-34H,11-18H2,(H,29,30,35)/t24?,25-/m1/s1. The van der Waals surface area contributed by atoms with Crippen LogP contribution < -0.4 is 5.56 Å². The molecule has 4 N–H and O–H groups in total. The highest BCUT2D eigenvalue weighted by Crippen LogP contribution is 2.23. The second-order valence-corrected chi connectivity index (χ2v) is 8.89. The molecule has 0 spiro atoms. The zero-order chi connectivity index (χ0) is 25.3. The fraction of sp³-hybridized carbons (Fsp3) is 0.357. The molecule has 1 fully saturated rings. The molecule has 1 unspecified atom stereocenters. The van der Waals surface area contributed by atoms with E-state index in [2.05, 4.69) is 38.8 Å². The molecule has 0 radical (unpaired) electrons. The van der Waals surface area contributed by atoms with Crippen LogP contribution in [-0.4, -0.2) is 69.2 Å². The molecule has 3 aromatic rings.